The first-order chi connectivity index (χ1) is 8.00. The number of carbonyl (C=O) groups is 1. The van der Waals surface area contributed by atoms with Crippen molar-refractivity contribution in [3.05, 3.63) is 40.5 Å². The Bertz CT molecular complexity index is 486. The fourth-order valence-corrected chi connectivity index (χ4v) is 2.33. The number of amides is 1. The molecule has 0 unspecified atom stereocenters. The van der Waals surface area contributed by atoms with Crippen molar-refractivity contribution in [3.63, 3.8) is 0 Å². The second-order valence-corrected chi connectivity index (χ2v) is 5.06. The van der Waals surface area contributed by atoms with Crippen LogP contribution in [0, 0.1) is 12.8 Å². The van der Waals surface area contributed by atoms with E-state index in [1.807, 2.05) is 12.1 Å². The summed E-state index contributed by atoms with van der Waals surface area (Å²) in [5.74, 6) is 0.613. The lowest BCUT2D eigenvalue weighted by Crippen LogP contribution is -2.24. The van der Waals surface area contributed by atoms with E-state index in [0.29, 0.717) is 5.92 Å². The third-order valence-electron chi connectivity index (χ3n) is 3.33. The summed E-state index contributed by atoms with van der Waals surface area (Å²) in [4.78, 5) is 13.8. The van der Waals surface area contributed by atoms with Gasteiger partial charge in [0, 0.05) is 19.7 Å². The second kappa shape index (κ2) is 4.36. The van der Waals surface area contributed by atoms with Gasteiger partial charge in [-0.15, -0.1) is 0 Å². The van der Waals surface area contributed by atoms with E-state index in [4.69, 9.17) is 0 Å². The SMILES string of the molecule is Cc1ccc(C(=O)N(C)C)c2c1C=C[C@@H](C)C2. The zero-order chi connectivity index (χ0) is 12.6. The van der Waals surface area contributed by atoms with Crippen LogP contribution in [0.5, 0.6) is 0 Å². The van der Waals surface area contributed by atoms with Crippen LogP contribution in [0.2, 0.25) is 0 Å². The van der Waals surface area contributed by atoms with Crippen molar-refractivity contribution in [2.24, 2.45) is 5.92 Å². The standard InChI is InChI=1S/C15H19NO/c1-10-5-7-12-11(2)6-8-13(14(12)9-10)15(17)16(3)4/h5-8,10H,9H2,1-4H3/t10-/m1/s1. The molecule has 1 aliphatic rings. The lowest BCUT2D eigenvalue weighted by Gasteiger charge is -2.22. The molecule has 0 aromatic heterocycles. The zero-order valence-electron chi connectivity index (χ0n) is 10.9. The predicted molar refractivity (Wildman–Crippen MR) is 71.1 cm³/mol. The number of allylic oxidation sites excluding steroid dienone is 1. The predicted octanol–water partition coefficient (Wildman–Crippen LogP) is 2.90. The van der Waals surface area contributed by atoms with E-state index in [9.17, 15) is 4.79 Å². The highest BCUT2D eigenvalue weighted by Gasteiger charge is 2.20. The Hall–Kier alpha value is -1.57. The van der Waals surface area contributed by atoms with Crippen molar-refractivity contribution in [2.75, 3.05) is 14.1 Å². The summed E-state index contributed by atoms with van der Waals surface area (Å²) >= 11 is 0. The molecule has 1 amide bonds. The van der Waals surface area contributed by atoms with Crippen molar-refractivity contribution in [3.8, 4) is 0 Å². The summed E-state index contributed by atoms with van der Waals surface area (Å²) < 4.78 is 0. The average molecular weight is 229 g/mol. The van der Waals surface area contributed by atoms with E-state index >= 15 is 0 Å². The third kappa shape index (κ3) is 2.12. The van der Waals surface area contributed by atoms with Crippen LogP contribution in [0.15, 0.2) is 18.2 Å². The monoisotopic (exact) mass is 229 g/mol. The number of nitrogens with zero attached hydrogens (tertiary/aromatic N) is 1. The van der Waals surface area contributed by atoms with Gasteiger partial charge in [-0.2, -0.15) is 0 Å². The number of aryl methyl sites for hydroxylation is 1. The smallest absolute Gasteiger partial charge is 0.253 e. The van der Waals surface area contributed by atoms with Crippen LogP contribution >= 0.6 is 0 Å². The van der Waals surface area contributed by atoms with Crippen LogP contribution in [0.1, 0.15) is 34.0 Å². The molecule has 0 fully saturated rings. The quantitative estimate of drug-likeness (QED) is 0.725. The molecule has 0 aliphatic heterocycles. The first-order valence-electron chi connectivity index (χ1n) is 6.03. The molecule has 1 aromatic carbocycles. The number of benzene rings is 1. The van der Waals surface area contributed by atoms with Crippen molar-refractivity contribution >= 4 is 12.0 Å². The van der Waals surface area contributed by atoms with Gasteiger partial charge < -0.3 is 4.90 Å². The van der Waals surface area contributed by atoms with Gasteiger partial charge >= 0.3 is 0 Å². The lowest BCUT2D eigenvalue weighted by molar-refractivity contribution is 0.0826. The maximum Gasteiger partial charge on any atom is 0.253 e. The van der Waals surface area contributed by atoms with Crippen molar-refractivity contribution in [1.29, 1.82) is 0 Å². The van der Waals surface area contributed by atoms with Crippen molar-refractivity contribution in [1.82, 2.24) is 4.90 Å². The lowest BCUT2D eigenvalue weighted by atomic mass is 9.85. The number of carbonyl (C=O) groups excluding carboxylic acids is 1. The van der Waals surface area contributed by atoms with Gasteiger partial charge in [0.25, 0.3) is 5.91 Å². The number of fused-ring (bicyclic) bond motifs is 1. The number of rotatable bonds is 1. The van der Waals surface area contributed by atoms with Gasteiger partial charge in [-0.1, -0.05) is 25.1 Å². The Labute approximate surface area is 103 Å². The van der Waals surface area contributed by atoms with Crippen LogP contribution in [0.25, 0.3) is 6.08 Å². The molecule has 0 radical (unpaired) electrons. The molecule has 1 aromatic rings. The van der Waals surface area contributed by atoms with Crippen LogP contribution < -0.4 is 0 Å². The molecule has 0 spiro atoms. The Morgan fingerprint density at radius 3 is 2.71 bits per heavy atom. The summed E-state index contributed by atoms with van der Waals surface area (Å²) in [6.45, 7) is 4.29. The van der Waals surface area contributed by atoms with E-state index in [-0.39, 0.29) is 5.91 Å². The van der Waals surface area contributed by atoms with Gasteiger partial charge in [0.05, 0.1) is 0 Å². The normalized spacial score (nSPS) is 17.8. The Balaban J connectivity index is 2.57. The van der Waals surface area contributed by atoms with E-state index in [1.54, 1.807) is 19.0 Å². The fourth-order valence-electron chi connectivity index (χ4n) is 2.33. The highest BCUT2D eigenvalue weighted by Crippen LogP contribution is 2.29. The molecule has 0 bridgehead atoms. The van der Waals surface area contributed by atoms with Gasteiger partial charge in [-0.05, 0) is 42.0 Å². The van der Waals surface area contributed by atoms with Crippen molar-refractivity contribution in [2.45, 2.75) is 20.3 Å². The molecule has 2 rings (SSSR count). The summed E-state index contributed by atoms with van der Waals surface area (Å²) in [7, 11) is 3.60. The average Bonchev–Trinajstić information content (AvgIpc) is 2.28. The maximum atomic E-state index is 12.1. The summed E-state index contributed by atoms with van der Waals surface area (Å²) in [5, 5.41) is 0. The van der Waals surface area contributed by atoms with Gasteiger partial charge in [0.15, 0.2) is 0 Å². The first-order valence-corrected chi connectivity index (χ1v) is 6.03. The largest absolute Gasteiger partial charge is 0.345 e. The fraction of sp³-hybridized carbons (Fsp3) is 0.400. The summed E-state index contributed by atoms with van der Waals surface area (Å²) in [5.41, 5.74) is 4.54. The van der Waals surface area contributed by atoms with Crippen LogP contribution in [-0.2, 0) is 6.42 Å². The Morgan fingerprint density at radius 1 is 1.35 bits per heavy atom. The molecule has 1 atom stereocenters. The van der Waals surface area contributed by atoms with Crippen LogP contribution in [0.4, 0.5) is 0 Å². The molecule has 0 heterocycles. The van der Waals surface area contributed by atoms with E-state index < -0.39 is 0 Å². The maximum absolute atomic E-state index is 12.1. The van der Waals surface area contributed by atoms with Gasteiger partial charge in [-0.25, -0.2) is 0 Å². The summed E-state index contributed by atoms with van der Waals surface area (Å²) in [6.07, 6.45) is 5.34. The first kappa shape index (κ1) is 11.9. The minimum absolute atomic E-state index is 0.101. The highest BCUT2D eigenvalue weighted by atomic mass is 16.2. The molecule has 2 nitrogen and oxygen atoms in total. The molecule has 0 N–H and O–H groups in total. The highest BCUT2D eigenvalue weighted by molar-refractivity contribution is 5.96. The van der Waals surface area contributed by atoms with Crippen LogP contribution in [-0.4, -0.2) is 24.9 Å². The molecule has 0 saturated carbocycles. The van der Waals surface area contributed by atoms with E-state index in [0.717, 1.165) is 12.0 Å². The van der Waals surface area contributed by atoms with Gasteiger partial charge in [-0.3, -0.25) is 4.79 Å². The summed E-state index contributed by atoms with van der Waals surface area (Å²) in [6, 6.07) is 4.00. The molecule has 2 heteroatoms. The zero-order valence-corrected chi connectivity index (χ0v) is 10.9. The molecule has 0 saturated heterocycles. The van der Waals surface area contributed by atoms with Gasteiger partial charge in [0.1, 0.15) is 0 Å². The molecular weight excluding hydrogens is 210 g/mol. The second-order valence-electron chi connectivity index (χ2n) is 5.06. The van der Waals surface area contributed by atoms with Crippen molar-refractivity contribution < 1.29 is 4.79 Å². The number of hydrogen-bond donors (Lipinski definition) is 0. The van der Waals surface area contributed by atoms with E-state index in [2.05, 4.69) is 26.0 Å². The topological polar surface area (TPSA) is 20.3 Å². The molecular formula is C15H19NO. The van der Waals surface area contributed by atoms with Crippen LogP contribution in [0.3, 0.4) is 0 Å². The van der Waals surface area contributed by atoms with E-state index in [1.165, 1.54) is 16.7 Å². The Morgan fingerprint density at radius 2 is 2.06 bits per heavy atom. The Kier molecular flexibility index (Phi) is 3.05. The van der Waals surface area contributed by atoms with Gasteiger partial charge in [0.2, 0.25) is 0 Å². The minimum Gasteiger partial charge on any atom is -0.345 e. The molecule has 17 heavy (non-hydrogen) atoms. The minimum atomic E-state index is 0.101. The molecule has 1 aliphatic carbocycles. The third-order valence-corrected chi connectivity index (χ3v) is 3.33. The number of hydrogen-bond acceptors (Lipinski definition) is 1. The molecule has 90 valence electrons.